The fourth-order valence-electron chi connectivity index (χ4n) is 0.416. The SMILES string of the molecule is O=[13CH][C@@H](O)[C@H](O)[C@H](O)CO. The van der Waals surface area contributed by atoms with Crippen LogP contribution in [-0.4, -0.2) is 51.6 Å². The summed E-state index contributed by atoms with van der Waals surface area (Å²) in [6, 6.07) is 0. The van der Waals surface area contributed by atoms with Gasteiger partial charge in [-0.1, -0.05) is 0 Å². The van der Waals surface area contributed by atoms with Gasteiger partial charge in [-0.15, -0.1) is 0 Å². The van der Waals surface area contributed by atoms with Crippen molar-refractivity contribution in [2.24, 2.45) is 0 Å². The van der Waals surface area contributed by atoms with Gasteiger partial charge in [0.1, 0.15) is 18.3 Å². The predicted molar refractivity (Wildman–Crippen MR) is 31.2 cm³/mol. The van der Waals surface area contributed by atoms with Crippen LogP contribution in [-0.2, 0) is 4.79 Å². The van der Waals surface area contributed by atoms with Crippen molar-refractivity contribution < 1.29 is 25.2 Å². The molecule has 0 saturated carbocycles. The van der Waals surface area contributed by atoms with Gasteiger partial charge in [0.15, 0.2) is 6.29 Å². The number of aliphatic hydroxyl groups excluding tert-OH is 4. The molecule has 4 N–H and O–H groups in total. The van der Waals surface area contributed by atoms with Crippen LogP contribution in [0.25, 0.3) is 0 Å². The van der Waals surface area contributed by atoms with Crippen LogP contribution in [0.15, 0.2) is 0 Å². The molecule has 0 fully saturated rings. The van der Waals surface area contributed by atoms with Crippen LogP contribution in [0.4, 0.5) is 0 Å². The number of carbonyl (C=O) groups is 1. The monoisotopic (exact) mass is 151 g/mol. The van der Waals surface area contributed by atoms with Gasteiger partial charge in [0.25, 0.3) is 0 Å². The first-order valence-corrected chi connectivity index (χ1v) is 2.73. The molecule has 0 amide bonds. The second kappa shape index (κ2) is 4.35. The molecule has 0 aliphatic heterocycles. The maximum absolute atomic E-state index is 9.76. The quantitative estimate of drug-likeness (QED) is 0.258. The largest absolute Gasteiger partial charge is 0.394 e. The van der Waals surface area contributed by atoms with E-state index < -0.39 is 24.9 Å². The predicted octanol–water partition coefficient (Wildman–Crippen LogP) is -2.74. The average molecular weight is 151 g/mol. The van der Waals surface area contributed by atoms with Crippen LogP contribution >= 0.6 is 0 Å². The number of rotatable bonds is 4. The zero-order chi connectivity index (χ0) is 8.15. The van der Waals surface area contributed by atoms with E-state index >= 15 is 0 Å². The smallest absolute Gasteiger partial charge is 0.151 e. The Bertz CT molecular complexity index is 104. The van der Waals surface area contributed by atoms with E-state index in [0.717, 1.165) is 0 Å². The van der Waals surface area contributed by atoms with Crippen molar-refractivity contribution in [1.29, 1.82) is 0 Å². The molecule has 0 bridgehead atoms. The van der Waals surface area contributed by atoms with Crippen molar-refractivity contribution in [3.8, 4) is 0 Å². The Hall–Kier alpha value is -0.490. The highest BCUT2D eigenvalue weighted by atomic mass is 16.4. The highest BCUT2D eigenvalue weighted by Crippen LogP contribution is 1.96. The van der Waals surface area contributed by atoms with Gasteiger partial charge in [0, 0.05) is 0 Å². The summed E-state index contributed by atoms with van der Waals surface area (Å²) in [7, 11) is 0. The normalized spacial score (nSPS) is 19.6. The minimum absolute atomic E-state index is 0.0869. The summed E-state index contributed by atoms with van der Waals surface area (Å²) in [6.45, 7) is -0.688. The lowest BCUT2D eigenvalue weighted by molar-refractivity contribution is -0.127. The van der Waals surface area contributed by atoms with Crippen LogP contribution in [0.1, 0.15) is 0 Å². The summed E-state index contributed by atoms with van der Waals surface area (Å²) >= 11 is 0. The van der Waals surface area contributed by atoms with E-state index in [1.807, 2.05) is 0 Å². The summed E-state index contributed by atoms with van der Waals surface area (Å²) in [5.74, 6) is 0. The molecular formula is C5H10O5. The fourth-order valence-corrected chi connectivity index (χ4v) is 0.416. The van der Waals surface area contributed by atoms with Crippen LogP contribution in [0.2, 0.25) is 0 Å². The molecule has 0 rings (SSSR count). The van der Waals surface area contributed by atoms with E-state index in [2.05, 4.69) is 0 Å². The van der Waals surface area contributed by atoms with Crippen LogP contribution in [0.5, 0.6) is 0 Å². The Morgan fingerprint density at radius 3 is 2.10 bits per heavy atom. The number of hydrogen-bond acceptors (Lipinski definition) is 5. The lowest BCUT2D eigenvalue weighted by atomic mass is 10.2. The summed E-state index contributed by atoms with van der Waals surface area (Å²) in [5, 5.41) is 34.1. The standard InChI is InChI=1S/C5H10O5/c6-1-3(8)5(10)4(9)2-7/h1,3-5,7-10H,2H2/t3-,4-,5+/m1/s1/i1+1. The Morgan fingerprint density at radius 1 is 1.30 bits per heavy atom. The van der Waals surface area contributed by atoms with Crippen LogP contribution in [0, 0.1) is 0 Å². The van der Waals surface area contributed by atoms with Gasteiger partial charge in [-0.2, -0.15) is 0 Å². The van der Waals surface area contributed by atoms with Crippen molar-refractivity contribution in [2.45, 2.75) is 18.3 Å². The lowest BCUT2D eigenvalue weighted by Gasteiger charge is -2.16. The van der Waals surface area contributed by atoms with E-state index in [9.17, 15) is 4.79 Å². The van der Waals surface area contributed by atoms with E-state index in [1.165, 1.54) is 0 Å². The molecule has 0 spiro atoms. The molecule has 5 nitrogen and oxygen atoms in total. The first kappa shape index (κ1) is 9.51. The first-order chi connectivity index (χ1) is 4.63. The summed E-state index contributed by atoms with van der Waals surface area (Å²) in [5.41, 5.74) is 0. The van der Waals surface area contributed by atoms with Gasteiger partial charge < -0.3 is 25.2 Å². The molecule has 0 unspecified atom stereocenters. The van der Waals surface area contributed by atoms with Crippen LogP contribution in [0.3, 0.4) is 0 Å². The molecule has 60 valence electrons. The van der Waals surface area contributed by atoms with E-state index in [-0.39, 0.29) is 6.29 Å². The zero-order valence-corrected chi connectivity index (χ0v) is 5.21. The van der Waals surface area contributed by atoms with Crippen molar-refractivity contribution in [3.05, 3.63) is 0 Å². The highest BCUT2D eigenvalue weighted by molar-refractivity contribution is 5.56. The van der Waals surface area contributed by atoms with E-state index in [0.29, 0.717) is 0 Å². The van der Waals surface area contributed by atoms with Gasteiger partial charge in [-0.05, 0) is 0 Å². The molecule has 0 aromatic rings. The fraction of sp³-hybridized carbons (Fsp3) is 0.800. The third-order valence-electron chi connectivity index (χ3n) is 1.07. The highest BCUT2D eigenvalue weighted by Gasteiger charge is 2.22. The van der Waals surface area contributed by atoms with Gasteiger partial charge in [-0.3, -0.25) is 0 Å². The molecule has 10 heavy (non-hydrogen) atoms. The number of aliphatic hydroxyl groups is 4. The molecule has 0 radical (unpaired) electrons. The molecule has 0 aliphatic carbocycles. The summed E-state index contributed by atoms with van der Waals surface area (Å²) in [4.78, 5) is 9.76. The Morgan fingerprint density at radius 2 is 1.80 bits per heavy atom. The van der Waals surface area contributed by atoms with Crippen LogP contribution < -0.4 is 0 Å². The van der Waals surface area contributed by atoms with Gasteiger partial charge in [-0.25, -0.2) is 0 Å². The first-order valence-electron chi connectivity index (χ1n) is 2.73. The molecule has 0 aliphatic rings. The van der Waals surface area contributed by atoms with Crippen molar-refractivity contribution in [1.82, 2.24) is 0 Å². The van der Waals surface area contributed by atoms with E-state index in [4.69, 9.17) is 20.4 Å². The molecule has 0 heterocycles. The Kier molecular flexibility index (Phi) is 4.13. The topological polar surface area (TPSA) is 98.0 Å². The van der Waals surface area contributed by atoms with E-state index in [1.54, 1.807) is 0 Å². The van der Waals surface area contributed by atoms with Crippen molar-refractivity contribution in [2.75, 3.05) is 6.61 Å². The Balaban J connectivity index is 3.80. The average Bonchev–Trinajstić information content (AvgIpc) is 2.00. The molecule has 3 atom stereocenters. The van der Waals surface area contributed by atoms with Gasteiger partial charge in [0.2, 0.25) is 0 Å². The van der Waals surface area contributed by atoms with Crippen molar-refractivity contribution in [3.63, 3.8) is 0 Å². The summed E-state index contributed by atoms with van der Waals surface area (Å²) in [6.07, 6.45) is -4.63. The minimum atomic E-state index is -1.64. The number of aldehydes is 1. The third-order valence-corrected chi connectivity index (χ3v) is 1.07. The maximum Gasteiger partial charge on any atom is 0.151 e. The Labute approximate surface area is 57.5 Å². The van der Waals surface area contributed by atoms with Gasteiger partial charge >= 0.3 is 0 Å². The zero-order valence-electron chi connectivity index (χ0n) is 5.21. The molecular weight excluding hydrogens is 141 g/mol. The number of hydrogen-bond donors (Lipinski definition) is 4. The molecule has 0 aromatic carbocycles. The maximum atomic E-state index is 9.76. The minimum Gasteiger partial charge on any atom is -0.394 e. The molecule has 0 saturated heterocycles. The van der Waals surface area contributed by atoms with Crippen molar-refractivity contribution >= 4 is 6.29 Å². The molecule has 0 aromatic heterocycles. The number of carbonyl (C=O) groups excluding carboxylic acids is 1. The van der Waals surface area contributed by atoms with Gasteiger partial charge in [0.05, 0.1) is 6.61 Å². The second-order valence-electron chi connectivity index (χ2n) is 1.87. The summed E-state index contributed by atoms with van der Waals surface area (Å²) < 4.78 is 0. The molecule has 5 heteroatoms. The second-order valence-corrected chi connectivity index (χ2v) is 1.87. The third kappa shape index (κ3) is 2.40. The lowest BCUT2D eigenvalue weighted by Crippen LogP contribution is -2.40.